The van der Waals surface area contributed by atoms with Crippen LogP contribution in [0.25, 0.3) is 0 Å². The molecule has 0 atom stereocenters. The Kier molecular flexibility index (Phi) is 55.9. The average Bonchev–Trinajstić information content (AvgIpc) is 3.42. The number of quaternary nitrogens is 1. The summed E-state index contributed by atoms with van der Waals surface area (Å²) in [5, 5.41) is 12.6. The quantitative estimate of drug-likeness (QED) is 0.0127. The van der Waals surface area contributed by atoms with Crippen LogP contribution in [-0.4, -0.2) is 43.3 Å². The topological polar surface area (TPSA) is 148 Å². The normalized spacial score (nSPS) is 11.7. The fourth-order valence-corrected chi connectivity index (χ4v) is 9.06. The van der Waals surface area contributed by atoms with Gasteiger partial charge in [-0.1, -0.05) is 229 Å². The van der Waals surface area contributed by atoms with Crippen LogP contribution in [0.4, 0.5) is 0 Å². The molecular formula is C65H115NO9S. The Morgan fingerprint density at radius 2 is 0.671 bits per heavy atom. The van der Waals surface area contributed by atoms with Gasteiger partial charge in [0.15, 0.2) is 25.4 Å². The van der Waals surface area contributed by atoms with Gasteiger partial charge in [-0.2, -0.15) is 4.33 Å². The molecule has 10 nitrogen and oxygen atoms in total. The fourth-order valence-electron chi connectivity index (χ4n) is 8.71. The summed E-state index contributed by atoms with van der Waals surface area (Å²) in [5.74, 6) is -0.848. The molecule has 0 aliphatic carbocycles. The Hall–Kier alpha value is -2.96. The summed E-state index contributed by atoms with van der Waals surface area (Å²) >= 11 is 0.894. The highest BCUT2D eigenvalue weighted by atomic mass is 32.2. The van der Waals surface area contributed by atoms with Crippen molar-refractivity contribution in [2.75, 3.05) is 19.8 Å². The van der Waals surface area contributed by atoms with Crippen molar-refractivity contribution in [2.45, 2.75) is 308 Å². The van der Waals surface area contributed by atoms with Crippen LogP contribution in [0.1, 0.15) is 296 Å². The second-order valence-corrected chi connectivity index (χ2v) is 22.3. The predicted octanol–water partition coefficient (Wildman–Crippen LogP) is 17.9. The van der Waals surface area contributed by atoms with Crippen LogP contribution in [0.5, 0.6) is 0 Å². The van der Waals surface area contributed by atoms with E-state index in [4.69, 9.17) is 14.2 Å². The van der Waals surface area contributed by atoms with Gasteiger partial charge in [-0.15, -0.1) is 0 Å². The van der Waals surface area contributed by atoms with Gasteiger partial charge in [0.2, 0.25) is 0 Å². The third kappa shape index (κ3) is 54.4. The number of carbonyl (C=O) groups is 3. The van der Waals surface area contributed by atoms with Crippen molar-refractivity contribution in [1.29, 1.82) is 0 Å². The lowest BCUT2D eigenvalue weighted by atomic mass is 10.0. The molecule has 0 bridgehead atoms. The highest BCUT2D eigenvalue weighted by Gasteiger charge is 2.35. The van der Waals surface area contributed by atoms with Crippen molar-refractivity contribution in [3.63, 3.8) is 0 Å². The molecular weight excluding hydrogens is 971 g/mol. The number of unbranched alkanes of at least 4 members (excludes halogenated alkanes) is 33. The second-order valence-electron chi connectivity index (χ2n) is 21.5. The third-order valence-electron chi connectivity index (χ3n) is 13.7. The van der Waals surface area contributed by atoms with Gasteiger partial charge in [-0.05, 0) is 115 Å². The molecule has 1 aromatic rings. The van der Waals surface area contributed by atoms with Gasteiger partial charge in [0.05, 0.1) is 12.0 Å². The average molecular weight is 1090 g/mol. The van der Waals surface area contributed by atoms with Crippen LogP contribution in [-0.2, 0) is 38.0 Å². The van der Waals surface area contributed by atoms with Crippen LogP contribution in [0.15, 0.2) is 65.6 Å². The standard InChI is InChI=1S/C58H107NO6.C7H8O3S/c1-4-7-10-13-16-19-22-25-28-31-34-37-40-43-46-49-55(60)63-52-58(59,53-64-56(61)50-47-44-41-38-35-32-29-26-23-20-17-14-11-8-5-2)54-65-57(62)51-48-45-42-39-36-33-30-27-24-21-18-15-12-9-6-3;1-6-2-4-7(5-3-6)11-10-9-8/h25-30H,4-24,31-54,59H2,1-3H3;2-5,8H,1H3/b28-25-,29-26-,30-27-;. The molecule has 0 amide bonds. The van der Waals surface area contributed by atoms with E-state index in [0.717, 1.165) is 99.6 Å². The summed E-state index contributed by atoms with van der Waals surface area (Å²) in [6.07, 6.45) is 62.0. The number of carbonyl (C=O) groups excluding carboxylic acids is 3. The number of aryl methyl sites for hydroxylation is 1. The predicted molar refractivity (Wildman–Crippen MR) is 316 cm³/mol. The third-order valence-corrected chi connectivity index (χ3v) is 14.3. The van der Waals surface area contributed by atoms with E-state index in [0.29, 0.717) is 19.3 Å². The zero-order valence-corrected chi connectivity index (χ0v) is 50.2. The van der Waals surface area contributed by atoms with Gasteiger partial charge >= 0.3 is 17.9 Å². The summed E-state index contributed by atoms with van der Waals surface area (Å²) in [4.78, 5) is 39.1. The largest absolute Gasteiger partial charge is 0.691 e. The van der Waals surface area contributed by atoms with Gasteiger partial charge in [-0.3, -0.25) is 19.4 Å². The zero-order valence-electron chi connectivity index (χ0n) is 49.4. The molecule has 0 aromatic heterocycles. The Balaban J connectivity index is 0.00000449. The maximum Gasteiger partial charge on any atom is 0.306 e. The number of hydrogen-bond donors (Lipinski definition) is 1. The minimum Gasteiger partial charge on any atom is -0.691 e. The lowest BCUT2D eigenvalue weighted by Gasteiger charge is -2.25. The van der Waals surface area contributed by atoms with Crippen molar-refractivity contribution in [2.24, 2.45) is 0 Å². The Bertz CT molecular complexity index is 1380. The number of rotatable bonds is 54. The van der Waals surface area contributed by atoms with E-state index in [2.05, 4.69) is 72.3 Å². The van der Waals surface area contributed by atoms with Crippen LogP contribution in [0, 0.1) is 6.92 Å². The SMILES string of the molecule is CCCCCCCC/C=C\CCCCCCCC(=O)OCC([NH3+])(COC(=O)CCCCCCC/C=C\CCCCCCCC)COC(=O)CCCCCCC/C=C\CCCCCCCC.Cc1ccc(SOO[O-])cc1. The number of ether oxygens (including phenoxy) is 3. The van der Waals surface area contributed by atoms with E-state index >= 15 is 0 Å². The molecule has 76 heavy (non-hydrogen) atoms. The highest BCUT2D eigenvalue weighted by Crippen LogP contribution is 2.19. The second kappa shape index (κ2) is 58.2. The minimum atomic E-state index is -1.05. The molecule has 0 aliphatic heterocycles. The maximum absolute atomic E-state index is 12.8. The molecule has 1 rings (SSSR count). The van der Waals surface area contributed by atoms with Gasteiger partial charge in [0.1, 0.15) is 0 Å². The molecule has 3 N–H and O–H groups in total. The molecule has 0 spiro atoms. The first-order valence-corrected chi connectivity index (χ1v) is 31.9. The van der Waals surface area contributed by atoms with E-state index in [1.807, 2.05) is 31.2 Å². The van der Waals surface area contributed by atoms with Crippen LogP contribution >= 0.6 is 12.0 Å². The Morgan fingerprint density at radius 3 is 0.934 bits per heavy atom. The lowest BCUT2D eigenvalue weighted by Crippen LogP contribution is -2.79. The van der Waals surface area contributed by atoms with E-state index in [-0.39, 0.29) is 37.7 Å². The van der Waals surface area contributed by atoms with Gasteiger partial charge in [0, 0.05) is 24.2 Å². The van der Waals surface area contributed by atoms with Crippen molar-refractivity contribution in [3.8, 4) is 0 Å². The van der Waals surface area contributed by atoms with E-state index in [1.54, 1.807) is 0 Å². The van der Waals surface area contributed by atoms with E-state index < -0.39 is 5.54 Å². The summed E-state index contributed by atoms with van der Waals surface area (Å²) in [6, 6.07) is 7.55. The molecule has 1 aromatic carbocycles. The fraction of sp³-hybridized carbons (Fsp3) is 0.769. The van der Waals surface area contributed by atoms with Gasteiger partial charge in [0.25, 0.3) is 0 Å². The molecule has 0 aliphatic rings. The lowest BCUT2D eigenvalue weighted by molar-refractivity contribution is -0.777. The van der Waals surface area contributed by atoms with Crippen molar-refractivity contribution in [1.82, 2.24) is 0 Å². The molecule has 0 saturated heterocycles. The zero-order chi connectivity index (χ0) is 55.5. The van der Waals surface area contributed by atoms with E-state index in [1.165, 1.54) is 173 Å². The van der Waals surface area contributed by atoms with Crippen molar-refractivity contribution >= 4 is 30.0 Å². The number of hydrogen-bond acceptors (Lipinski definition) is 10. The van der Waals surface area contributed by atoms with Crippen LogP contribution < -0.4 is 11.0 Å². The molecule has 0 radical (unpaired) electrons. The molecule has 0 fully saturated rings. The Labute approximate surface area is 470 Å². The van der Waals surface area contributed by atoms with Crippen molar-refractivity contribution in [3.05, 3.63) is 66.3 Å². The summed E-state index contributed by atoms with van der Waals surface area (Å²) in [7, 11) is 0. The first kappa shape index (κ1) is 73.0. The molecule has 0 unspecified atom stereocenters. The maximum atomic E-state index is 12.8. The summed E-state index contributed by atoms with van der Waals surface area (Å²) in [5.41, 5.74) is 4.38. The monoisotopic (exact) mass is 1090 g/mol. The molecule has 0 heterocycles. The highest BCUT2D eigenvalue weighted by molar-refractivity contribution is 7.94. The number of allylic oxidation sites excluding steroid dienone is 6. The molecule has 0 saturated carbocycles. The van der Waals surface area contributed by atoms with Crippen LogP contribution in [0.2, 0.25) is 0 Å². The Morgan fingerprint density at radius 1 is 0.421 bits per heavy atom. The van der Waals surface area contributed by atoms with Gasteiger partial charge in [-0.25, -0.2) is 0 Å². The minimum absolute atomic E-state index is 0.0573. The number of esters is 3. The number of benzene rings is 1. The van der Waals surface area contributed by atoms with Gasteiger partial charge < -0.3 is 25.2 Å². The first-order chi connectivity index (χ1) is 37.2. The first-order valence-electron chi connectivity index (χ1n) is 31.2. The summed E-state index contributed by atoms with van der Waals surface area (Å²) < 4.78 is 21.1. The van der Waals surface area contributed by atoms with Crippen molar-refractivity contribution < 1.29 is 49.0 Å². The van der Waals surface area contributed by atoms with Crippen LogP contribution in [0.3, 0.4) is 0 Å². The molecule has 440 valence electrons. The molecule has 11 heteroatoms. The summed E-state index contributed by atoms with van der Waals surface area (Å²) in [6.45, 7) is 8.60. The smallest absolute Gasteiger partial charge is 0.306 e. The van der Waals surface area contributed by atoms with E-state index in [9.17, 15) is 19.6 Å².